The number of hydrogen-bond donors (Lipinski definition) is 0. The van der Waals surface area contributed by atoms with Gasteiger partial charge in [0.2, 0.25) is 0 Å². The molecule has 0 atom stereocenters. The van der Waals surface area contributed by atoms with Crippen molar-refractivity contribution in [3.8, 4) is 0 Å². The van der Waals surface area contributed by atoms with Crippen molar-refractivity contribution in [2.45, 2.75) is 38.5 Å². The zero-order chi connectivity index (χ0) is 12.3. The van der Waals surface area contributed by atoms with Crippen LogP contribution in [0.15, 0.2) is 25.0 Å². The van der Waals surface area contributed by atoms with Crippen LogP contribution in [0, 0.1) is 0 Å². The minimum absolute atomic E-state index is 0.892. The molecule has 0 unspecified atom stereocenters. The van der Waals surface area contributed by atoms with Gasteiger partial charge in [-0.15, -0.1) is 0 Å². The average molecular weight is 233 g/mol. The molecule has 0 aliphatic rings. The fourth-order valence-corrected chi connectivity index (χ4v) is 1.94. The van der Waals surface area contributed by atoms with Crippen LogP contribution >= 0.6 is 0 Å². The summed E-state index contributed by atoms with van der Waals surface area (Å²) >= 11 is 0. The van der Waals surface area contributed by atoms with Gasteiger partial charge >= 0.3 is 0 Å². The molecule has 1 heterocycles. The number of ether oxygens (including phenoxy) is 1. The van der Waals surface area contributed by atoms with E-state index in [4.69, 9.17) is 4.74 Å². The van der Waals surface area contributed by atoms with Gasteiger partial charge in [-0.3, -0.25) is 4.98 Å². The maximum Gasteiger partial charge on any atom is 0.0462 e. The first-order valence-corrected chi connectivity index (χ1v) is 6.42. The average Bonchev–Trinajstić information content (AvgIpc) is 2.38. The fraction of sp³-hybridized carbons (Fsp3) is 0.533. The molecule has 2 nitrogen and oxygen atoms in total. The van der Waals surface area contributed by atoms with E-state index in [0.717, 1.165) is 13.0 Å². The van der Waals surface area contributed by atoms with Crippen LogP contribution in [0.1, 0.15) is 43.2 Å². The largest absolute Gasteiger partial charge is 0.385 e. The molecule has 0 saturated heterocycles. The second-order valence-electron chi connectivity index (χ2n) is 4.29. The highest BCUT2D eigenvalue weighted by Crippen LogP contribution is 2.13. The number of aryl methyl sites for hydroxylation is 1. The number of unbranched alkanes of at least 4 members (excludes halogenated alkanes) is 4. The van der Waals surface area contributed by atoms with Crippen LogP contribution < -0.4 is 0 Å². The molecule has 0 aliphatic carbocycles. The van der Waals surface area contributed by atoms with E-state index < -0.39 is 0 Å². The molecule has 94 valence electrons. The van der Waals surface area contributed by atoms with Crippen LogP contribution in [-0.2, 0) is 11.2 Å². The predicted molar refractivity (Wildman–Crippen MR) is 73.0 cm³/mol. The van der Waals surface area contributed by atoms with Crippen molar-refractivity contribution < 1.29 is 4.74 Å². The highest BCUT2D eigenvalue weighted by Gasteiger charge is 1.98. The van der Waals surface area contributed by atoms with Crippen LogP contribution in [0.5, 0.6) is 0 Å². The summed E-state index contributed by atoms with van der Waals surface area (Å²) in [6.45, 7) is 4.72. The Morgan fingerprint density at radius 1 is 1.24 bits per heavy atom. The van der Waals surface area contributed by atoms with Gasteiger partial charge in [0.15, 0.2) is 0 Å². The van der Waals surface area contributed by atoms with Crippen molar-refractivity contribution in [3.05, 3.63) is 36.2 Å². The Kier molecular flexibility index (Phi) is 7.32. The lowest BCUT2D eigenvalue weighted by Gasteiger charge is -2.05. The van der Waals surface area contributed by atoms with E-state index in [1.807, 2.05) is 24.5 Å². The van der Waals surface area contributed by atoms with E-state index in [9.17, 15) is 0 Å². The second-order valence-corrected chi connectivity index (χ2v) is 4.29. The van der Waals surface area contributed by atoms with E-state index in [0.29, 0.717) is 0 Å². The SMILES string of the molecule is C=Cc1ccncc1CCCCCCCOC. The summed E-state index contributed by atoms with van der Waals surface area (Å²) in [6.07, 6.45) is 13.1. The summed E-state index contributed by atoms with van der Waals surface area (Å²) < 4.78 is 5.03. The van der Waals surface area contributed by atoms with Crippen molar-refractivity contribution in [1.29, 1.82) is 0 Å². The Labute approximate surface area is 105 Å². The number of aromatic nitrogens is 1. The quantitative estimate of drug-likeness (QED) is 0.604. The maximum atomic E-state index is 5.03. The standard InChI is InChI=1S/C15H23NO/c1-3-14-10-11-16-13-15(14)9-7-5-4-6-8-12-17-2/h3,10-11,13H,1,4-9,12H2,2H3. The van der Waals surface area contributed by atoms with Gasteiger partial charge in [-0.25, -0.2) is 0 Å². The number of hydrogen-bond acceptors (Lipinski definition) is 2. The third-order valence-electron chi connectivity index (χ3n) is 2.96. The maximum absolute atomic E-state index is 5.03. The highest BCUT2D eigenvalue weighted by molar-refractivity contribution is 5.50. The van der Waals surface area contributed by atoms with Crippen LogP contribution in [-0.4, -0.2) is 18.7 Å². The molecule has 0 bridgehead atoms. The number of rotatable bonds is 9. The van der Waals surface area contributed by atoms with E-state index in [1.165, 1.54) is 43.2 Å². The lowest BCUT2D eigenvalue weighted by molar-refractivity contribution is 0.192. The number of nitrogens with zero attached hydrogens (tertiary/aromatic N) is 1. The predicted octanol–water partition coefficient (Wildman–Crippen LogP) is 3.86. The first kappa shape index (κ1) is 13.9. The summed E-state index contributed by atoms with van der Waals surface area (Å²) in [5.41, 5.74) is 2.54. The Balaban J connectivity index is 2.15. The topological polar surface area (TPSA) is 22.1 Å². The second kappa shape index (κ2) is 8.94. The fourth-order valence-electron chi connectivity index (χ4n) is 1.94. The molecule has 0 saturated carbocycles. The molecule has 0 aliphatic heterocycles. The van der Waals surface area contributed by atoms with Gasteiger partial charge in [-0.05, 0) is 36.5 Å². The summed E-state index contributed by atoms with van der Waals surface area (Å²) in [5, 5.41) is 0. The van der Waals surface area contributed by atoms with Crippen LogP contribution in [0.4, 0.5) is 0 Å². The molecule has 17 heavy (non-hydrogen) atoms. The zero-order valence-electron chi connectivity index (χ0n) is 10.8. The van der Waals surface area contributed by atoms with Gasteiger partial charge in [-0.1, -0.05) is 31.9 Å². The van der Waals surface area contributed by atoms with Crippen LogP contribution in [0.3, 0.4) is 0 Å². The van der Waals surface area contributed by atoms with Gasteiger partial charge in [0.1, 0.15) is 0 Å². The number of methoxy groups -OCH3 is 1. The molecule has 0 spiro atoms. The van der Waals surface area contributed by atoms with Crippen LogP contribution in [0.25, 0.3) is 6.08 Å². The Hall–Kier alpha value is -1.15. The van der Waals surface area contributed by atoms with Gasteiger partial charge in [0, 0.05) is 26.1 Å². The first-order valence-electron chi connectivity index (χ1n) is 6.42. The van der Waals surface area contributed by atoms with E-state index in [-0.39, 0.29) is 0 Å². The molecule has 0 fully saturated rings. The highest BCUT2D eigenvalue weighted by atomic mass is 16.5. The molecule has 1 aromatic heterocycles. The third-order valence-corrected chi connectivity index (χ3v) is 2.96. The van der Waals surface area contributed by atoms with Gasteiger partial charge < -0.3 is 4.74 Å². The van der Waals surface area contributed by atoms with Crippen LogP contribution in [0.2, 0.25) is 0 Å². The molecule has 0 amide bonds. The number of pyridine rings is 1. The smallest absolute Gasteiger partial charge is 0.0462 e. The first-order chi connectivity index (χ1) is 8.38. The van der Waals surface area contributed by atoms with Gasteiger partial charge in [0.25, 0.3) is 0 Å². The van der Waals surface area contributed by atoms with Crippen molar-refractivity contribution in [2.75, 3.05) is 13.7 Å². The molecule has 0 radical (unpaired) electrons. The summed E-state index contributed by atoms with van der Waals surface area (Å²) in [6, 6.07) is 2.03. The third kappa shape index (κ3) is 5.64. The Morgan fingerprint density at radius 2 is 2.00 bits per heavy atom. The van der Waals surface area contributed by atoms with Gasteiger partial charge in [-0.2, -0.15) is 0 Å². The van der Waals surface area contributed by atoms with Crippen molar-refractivity contribution >= 4 is 6.08 Å². The Bertz CT molecular complexity index is 322. The zero-order valence-corrected chi connectivity index (χ0v) is 10.8. The molecule has 1 aromatic rings. The van der Waals surface area contributed by atoms with Crippen molar-refractivity contribution in [3.63, 3.8) is 0 Å². The van der Waals surface area contributed by atoms with Crippen molar-refractivity contribution in [1.82, 2.24) is 4.98 Å². The van der Waals surface area contributed by atoms with Gasteiger partial charge in [0.05, 0.1) is 0 Å². The molecular weight excluding hydrogens is 210 g/mol. The summed E-state index contributed by atoms with van der Waals surface area (Å²) in [7, 11) is 1.76. The van der Waals surface area contributed by atoms with E-state index in [1.54, 1.807) is 7.11 Å². The molecule has 0 N–H and O–H groups in total. The van der Waals surface area contributed by atoms with E-state index >= 15 is 0 Å². The summed E-state index contributed by atoms with van der Waals surface area (Å²) in [4.78, 5) is 4.17. The molecule has 0 aromatic carbocycles. The van der Waals surface area contributed by atoms with E-state index in [2.05, 4.69) is 11.6 Å². The molecule has 1 rings (SSSR count). The van der Waals surface area contributed by atoms with Crippen molar-refractivity contribution in [2.24, 2.45) is 0 Å². The minimum atomic E-state index is 0.892. The minimum Gasteiger partial charge on any atom is -0.385 e. The lowest BCUT2D eigenvalue weighted by Crippen LogP contribution is -1.92. The lowest BCUT2D eigenvalue weighted by atomic mass is 10.0. The Morgan fingerprint density at radius 3 is 2.76 bits per heavy atom. The molecule has 2 heteroatoms. The summed E-state index contributed by atoms with van der Waals surface area (Å²) in [5.74, 6) is 0. The monoisotopic (exact) mass is 233 g/mol. The normalized spacial score (nSPS) is 10.4. The molecular formula is C15H23NO.